The Kier molecular flexibility index (Phi) is 4.42. The van der Waals surface area contributed by atoms with Crippen molar-refractivity contribution in [2.75, 3.05) is 0 Å². The summed E-state index contributed by atoms with van der Waals surface area (Å²) in [5.41, 5.74) is 4.22. The molecule has 2 nitrogen and oxygen atoms in total. The van der Waals surface area contributed by atoms with Gasteiger partial charge in [0.1, 0.15) is 5.82 Å². The van der Waals surface area contributed by atoms with Gasteiger partial charge in [-0.2, -0.15) is 0 Å². The van der Waals surface area contributed by atoms with E-state index in [2.05, 4.69) is 5.43 Å². The van der Waals surface area contributed by atoms with E-state index in [9.17, 15) is 4.39 Å². The van der Waals surface area contributed by atoms with Crippen LogP contribution in [-0.2, 0) is 0 Å². The van der Waals surface area contributed by atoms with E-state index in [0.717, 1.165) is 0 Å². The van der Waals surface area contributed by atoms with Gasteiger partial charge in [0.25, 0.3) is 0 Å². The Morgan fingerprint density at radius 2 is 1.89 bits per heavy atom. The molecule has 0 saturated heterocycles. The molecule has 0 bridgehead atoms. The van der Waals surface area contributed by atoms with Crippen LogP contribution in [0.15, 0.2) is 36.4 Å². The van der Waals surface area contributed by atoms with E-state index in [-0.39, 0.29) is 5.82 Å². The minimum absolute atomic E-state index is 0.304. The standard InChI is InChI=1S/C14H13Cl2FN2/c1-8-3-2-4-10(13(8)17)14(19-18)11-7-9(15)5-6-12(11)16/h2-7,14,19H,18H2,1H3. The summed E-state index contributed by atoms with van der Waals surface area (Å²) >= 11 is 12.1. The third-order valence-electron chi connectivity index (χ3n) is 2.97. The van der Waals surface area contributed by atoms with Crippen molar-refractivity contribution in [3.05, 3.63) is 69.0 Å². The van der Waals surface area contributed by atoms with Crippen LogP contribution >= 0.6 is 23.2 Å². The second kappa shape index (κ2) is 5.88. The molecule has 0 spiro atoms. The first-order valence-electron chi connectivity index (χ1n) is 5.70. The molecular formula is C14H13Cl2FN2. The van der Waals surface area contributed by atoms with Crippen LogP contribution in [0, 0.1) is 12.7 Å². The lowest BCUT2D eigenvalue weighted by Crippen LogP contribution is -2.30. The van der Waals surface area contributed by atoms with Crippen molar-refractivity contribution in [2.24, 2.45) is 5.84 Å². The van der Waals surface area contributed by atoms with Crippen molar-refractivity contribution in [3.8, 4) is 0 Å². The molecule has 2 rings (SSSR count). The Bertz CT molecular complexity index is 600. The van der Waals surface area contributed by atoms with Crippen LogP contribution < -0.4 is 11.3 Å². The van der Waals surface area contributed by atoms with Crippen molar-refractivity contribution in [2.45, 2.75) is 13.0 Å². The van der Waals surface area contributed by atoms with Gasteiger partial charge in [0.05, 0.1) is 6.04 Å². The molecule has 1 atom stereocenters. The predicted molar refractivity (Wildman–Crippen MR) is 76.8 cm³/mol. The summed E-state index contributed by atoms with van der Waals surface area (Å²) in [6.45, 7) is 1.70. The van der Waals surface area contributed by atoms with Gasteiger partial charge in [-0.25, -0.2) is 9.82 Å². The van der Waals surface area contributed by atoms with Gasteiger partial charge in [-0.3, -0.25) is 5.84 Å². The van der Waals surface area contributed by atoms with E-state index in [1.165, 1.54) is 0 Å². The van der Waals surface area contributed by atoms with Gasteiger partial charge >= 0.3 is 0 Å². The molecule has 100 valence electrons. The highest BCUT2D eigenvalue weighted by Crippen LogP contribution is 2.32. The molecule has 19 heavy (non-hydrogen) atoms. The minimum Gasteiger partial charge on any atom is -0.271 e. The average molecular weight is 299 g/mol. The fourth-order valence-electron chi connectivity index (χ4n) is 1.98. The predicted octanol–water partition coefficient (Wildman–Crippen LogP) is 3.99. The maximum absolute atomic E-state index is 14.2. The van der Waals surface area contributed by atoms with Crippen molar-refractivity contribution in [1.29, 1.82) is 0 Å². The van der Waals surface area contributed by atoms with E-state index in [1.54, 1.807) is 43.3 Å². The molecule has 0 heterocycles. The number of hydrogen-bond donors (Lipinski definition) is 2. The maximum atomic E-state index is 14.2. The number of halogens is 3. The number of aryl methyl sites for hydroxylation is 1. The second-order valence-corrected chi connectivity index (χ2v) is 5.09. The van der Waals surface area contributed by atoms with Gasteiger partial charge < -0.3 is 0 Å². The Morgan fingerprint density at radius 3 is 2.58 bits per heavy atom. The Hall–Kier alpha value is -1.13. The largest absolute Gasteiger partial charge is 0.271 e. The molecule has 3 N–H and O–H groups in total. The lowest BCUT2D eigenvalue weighted by molar-refractivity contribution is 0.554. The van der Waals surface area contributed by atoms with Crippen LogP contribution in [0.5, 0.6) is 0 Å². The average Bonchev–Trinajstić information content (AvgIpc) is 2.39. The number of nitrogens with two attached hydrogens (primary N) is 1. The summed E-state index contributed by atoms with van der Waals surface area (Å²) in [6, 6.07) is 9.61. The Labute approximate surface area is 121 Å². The zero-order valence-corrected chi connectivity index (χ0v) is 11.8. The Balaban J connectivity index is 2.56. The van der Waals surface area contributed by atoms with Gasteiger partial charge in [-0.15, -0.1) is 0 Å². The van der Waals surface area contributed by atoms with Crippen molar-refractivity contribution in [1.82, 2.24) is 5.43 Å². The van der Waals surface area contributed by atoms with E-state index in [1.807, 2.05) is 0 Å². The quantitative estimate of drug-likeness (QED) is 0.664. The lowest BCUT2D eigenvalue weighted by atomic mass is 9.97. The van der Waals surface area contributed by atoms with Gasteiger partial charge in [0, 0.05) is 15.6 Å². The van der Waals surface area contributed by atoms with Gasteiger partial charge in [0.2, 0.25) is 0 Å². The summed E-state index contributed by atoms with van der Waals surface area (Å²) < 4.78 is 14.2. The molecule has 1 unspecified atom stereocenters. The normalized spacial score (nSPS) is 12.5. The number of nitrogens with one attached hydrogen (secondary N) is 1. The van der Waals surface area contributed by atoms with E-state index in [0.29, 0.717) is 26.7 Å². The fourth-order valence-corrected chi connectivity index (χ4v) is 2.38. The van der Waals surface area contributed by atoms with Gasteiger partial charge in [-0.05, 0) is 36.2 Å². The van der Waals surface area contributed by atoms with Crippen LogP contribution in [0.2, 0.25) is 10.0 Å². The van der Waals surface area contributed by atoms with Crippen molar-refractivity contribution in [3.63, 3.8) is 0 Å². The van der Waals surface area contributed by atoms with E-state index in [4.69, 9.17) is 29.0 Å². The smallest absolute Gasteiger partial charge is 0.131 e. The second-order valence-electron chi connectivity index (χ2n) is 4.24. The molecule has 0 saturated carbocycles. The molecule has 2 aromatic rings. The topological polar surface area (TPSA) is 38.0 Å². The monoisotopic (exact) mass is 298 g/mol. The molecular weight excluding hydrogens is 286 g/mol. The summed E-state index contributed by atoms with van der Waals surface area (Å²) in [5.74, 6) is 5.25. The molecule has 5 heteroatoms. The summed E-state index contributed by atoms with van der Waals surface area (Å²) in [5, 5.41) is 1.00. The number of hydrazine groups is 1. The molecule has 0 radical (unpaired) electrons. The van der Waals surface area contributed by atoms with Crippen molar-refractivity contribution >= 4 is 23.2 Å². The molecule has 2 aromatic carbocycles. The highest BCUT2D eigenvalue weighted by atomic mass is 35.5. The first kappa shape index (κ1) is 14.3. The maximum Gasteiger partial charge on any atom is 0.131 e. The van der Waals surface area contributed by atoms with Gasteiger partial charge in [-0.1, -0.05) is 41.4 Å². The first-order chi connectivity index (χ1) is 9.04. The molecule has 0 aliphatic heterocycles. The lowest BCUT2D eigenvalue weighted by Gasteiger charge is -2.19. The SMILES string of the molecule is Cc1cccc(C(NN)c2cc(Cl)ccc2Cl)c1F. The van der Waals surface area contributed by atoms with Gasteiger partial charge in [0.15, 0.2) is 0 Å². The van der Waals surface area contributed by atoms with E-state index < -0.39 is 6.04 Å². The molecule has 0 fully saturated rings. The first-order valence-corrected chi connectivity index (χ1v) is 6.46. The number of hydrogen-bond acceptors (Lipinski definition) is 2. The van der Waals surface area contributed by atoms with E-state index >= 15 is 0 Å². The zero-order valence-electron chi connectivity index (χ0n) is 10.3. The van der Waals surface area contributed by atoms with Crippen molar-refractivity contribution < 1.29 is 4.39 Å². The summed E-state index contributed by atoms with van der Waals surface area (Å²) in [4.78, 5) is 0. The van der Waals surface area contributed by atoms with Crippen LogP contribution in [0.25, 0.3) is 0 Å². The molecule has 0 aliphatic carbocycles. The Morgan fingerprint density at radius 1 is 1.16 bits per heavy atom. The number of benzene rings is 2. The highest BCUT2D eigenvalue weighted by molar-refractivity contribution is 6.33. The third-order valence-corrected chi connectivity index (χ3v) is 3.55. The molecule has 0 amide bonds. The van der Waals surface area contributed by atoms with Crippen LogP contribution in [0.3, 0.4) is 0 Å². The highest BCUT2D eigenvalue weighted by Gasteiger charge is 2.20. The minimum atomic E-state index is -0.550. The third kappa shape index (κ3) is 2.90. The molecule has 0 aliphatic rings. The van der Waals surface area contributed by atoms with Crippen LogP contribution in [-0.4, -0.2) is 0 Å². The van der Waals surface area contributed by atoms with Crippen LogP contribution in [0.4, 0.5) is 4.39 Å². The molecule has 0 aromatic heterocycles. The van der Waals surface area contributed by atoms with Crippen LogP contribution in [0.1, 0.15) is 22.7 Å². The summed E-state index contributed by atoms with van der Waals surface area (Å²) in [7, 11) is 0. The zero-order chi connectivity index (χ0) is 14.0. The summed E-state index contributed by atoms with van der Waals surface area (Å²) in [6.07, 6.45) is 0. The number of rotatable bonds is 3. The fraction of sp³-hybridized carbons (Fsp3) is 0.143.